The van der Waals surface area contributed by atoms with Crippen LogP contribution in [0.2, 0.25) is 0 Å². The van der Waals surface area contributed by atoms with Crippen LogP contribution in [0, 0.1) is 5.41 Å². The molecule has 0 N–H and O–H groups in total. The quantitative estimate of drug-likeness (QED) is 0.711. The van der Waals surface area contributed by atoms with Crippen LogP contribution in [0.25, 0.3) is 0 Å². The van der Waals surface area contributed by atoms with Gasteiger partial charge < -0.3 is 9.53 Å². The van der Waals surface area contributed by atoms with Gasteiger partial charge in [0.25, 0.3) is 0 Å². The Balaban J connectivity index is 2.26. The van der Waals surface area contributed by atoms with Gasteiger partial charge in [0.15, 0.2) is 0 Å². The Hall–Kier alpha value is -1.38. The van der Waals surface area contributed by atoms with Crippen molar-refractivity contribution in [3.63, 3.8) is 0 Å². The van der Waals surface area contributed by atoms with Crippen LogP contribution in [-0.2, 0) is 11.2 Å². The molecule has 1 aliphatic heterocycles. The molecule has 1 unspecified atom stereocenters. The molecule has 15 heavy (non-hydrogen) atoms. The Morgan fingerprint density at radius 1 is 1.47 bits per heavy atom. The molecule has 0 amide bonds. The maximum Gasteiger partial charge on any atom is 0.129 e. The van der Waals surface area contributed by atoms with Crippen molar-refractivity contribution in [2.45, 2.75) is 12.8 Å². The second-order valence-electron chi connectivity index (χ2n) is 3.99. The number of hydrogen-bond donors (Lipinski definition) is 0. The first-order valence-corrected chi connectivity index (χ1v) is 5.03. The predicted molar refractivity (Wildman–Crippen MR) is 54.7 cm³/mol. The zero-order valence-corrected chi connectivity index (χ0v) is 8.41. The maximum atomic E-state index is 12.4. The van der Waals surface area contributed by atoms with Crippen molar-refractivity contribution in [2.24, 2.45) is 5.41 Å². The lowest BCUT2D eigenvalue weighted by Gasteiger charge is -2.32. The normalized spacial score (nSPS) is 24.1. The molecule has 0 aromatic heterocycles. The molecule has 0 saturated heterocycles. The van der Waals surface area contributed by atoms with Gasteiger partial charge >= 0.3 is 0 Å². The Labute approximate surface area is 88.1 Å². The summed E-state index contributed by atoms with van der Waals surface area (Å²) < 4.78 is 17.9. The third-order valence-corrected chi connectivity index (χ3v) is 2.87. The van der Waals surface area contributed by atoms with Crippen LogP contribution in [0.5, 0.6) is 5.75 Å². The molecular formula is C12H13FO2. The van der Waals surface area contributed by atoms with Crippen molar-refractivity contribution in [1.82, 2.24) is 0 Å². The van der Waals surface area contributed by atoms with Gasteiger partial charge in [0, 0.05) is 0 Å². The van der Waals surface area contributed by atoms with Gasteiger partial charge in [-0.05, 0) is 24.5 Å². The Morgan fingerprint density at radius 2 is 2.27 bits per heavy atom. The van der Waals surface area contributed by atoms with E-state index in [2.05, 4.69) is 0 Å². The molecule has 0 bridgehead atoms. The lowest BCUT2D eigenvalue weighted by Crippen LogP contribution is -2.36. The number of fused-ring (bicyclic) bond motifs is 1. The molecule has 0 saturated carbocycles. The summed E-state index contributed by atoms with van der Waals surface area (Å²) in [5, 5.41) is 0. The molecule has 1 heterocycles. The number of halogens is 1. The topological polar surface area (TPSA) is 26.3 Å². The molecule has 0 fully saturated rings. The number of carbonyl (C=O) groups is 1. The number of hydrogen-bond acceptors (Lipinski definition) is 2. The number of carbonyl (C=O) groups excluding carboxylic acids is 1. The van der Waals surface area contributed by atoms with Gasteiger partial charge in [-0.1, -0.05) is 18.2 Å². The monoisotopic (exact) mass is 208 g/mol. The Bertz CT molecular complexity index is 364. The summed E-state index contributed by atoms with van der Waals surface area (Å²) in [6.45, 7) is -0.193. The number of benzene rings is 1. The largest absolute Gasteiger partial charge is 0.492 e. The minimum atomic E-state index is -0.664. The van der Waals surface area contributed by atoms with E-state index in [9.17, 15) is 9.18 Å². The lowest BCUT2D eigenvalue weighted by molar-refractivity contribution is -0.119. The number of alkyl halides is 1. The van der Waals surface area contributed by atoms with E-state index in [4.69, 9.17) is 4.74 Å². The van der Waals surface area contributed by atoms with Gasteiger partial charge in [-0.2, -0.15) is 0 Å². The van der Waals surface area contributed by atoms with Crippen LogP contribution in [0.15, 0.2) is 24.3 Å². The maximum absolute atomic E-state index is 12.4. The third kappa shape index (κ3) is 1.87. The van der Waals surface area contributed by atoms with E-state index in [1.54, 1.807) is 0 Å². The average molecular weight is 208 g/mol. The van der Waals surface area contributed by atoms with Crippen molar-refractivity contribution in [3.8, 4) is 5.75 Å². The van der Waals surface area contributed by atoms with E-state index in [-0.39, 0.29) is 13.0 Å². The minimum Gasteiger partial charge on any atom is -0.492 e. The van der Waals surface area contributed by atoms with Crippen LogP contribution >= 0.6 is 0 Å². The van der Waals surface area contributed by atoms with Crippen molar-refractivity contribution in [2.75, 3.05) is 13.3 Å². The van der Waals surface area contributed by atoms with Crippen LogP contribution in [-0.4, -0.2) is 19.6 Å². The zero-order valence-electron chi connectivity index (χ0n) is 8.41. The molecule has 1 atom stereocenters. The van der Waals surface area contributed by atoms with Gasteiger partial charge in [-0.25, -0.2) is 0 Å². The number of aldehydes is 1. The van der Waals surface area contributed by atoms with Gasteiger partial charge in [0.2, 0.25) is 0 Å². The summed E-state index contributed by atoms with van der Waals surface area (Å²) in [7, 11) is 0. The summed E-state index contributed by atoms with van der Waals surface area (Å²) in [4.78, 5) is 11.0. The number of ether oxygens (including phenoxy) is 1. The van der Waals surface area contributed by atoms with Crippen molar-refractivity contribution in [1.29, 1.82) is 0 Å². The smallest absolute Gasteiger partial charge is 0.129 e. The SMILES string of the molecule is O=CC1(CCF)COc2ccccc2C1. The van der Waals surface area contributed by atoms with Gasteiger partial charge in [-0.3, -0.25) is 4.39 Å². The summed E-state index contributed by atoms with van der Waals surface area (Å²) >= 11 is 0. The molecule has 0 spiro atoms. The molecule has 3 heteroatoms. The Kier molecular flexibility index (Phi) is 2.71. The molecule has 0 aliphatic carbocycles. The molecule has 0 radical (unpaired) electrons. The highest BCUT2D eigenvalue weighted by molar-refractivity contribution is 5.62. The van der Waals surface area contributed by atoms with Crippen LogP contribution < -0.4 is 4.74 Å². The van der Waals surface area contributed by atoms with E-state index in [0.717, 1.165) is 17.6 Å². The van der Waals surface area contributed by atoms with E-state index in [1.807, 2.05) is 24.3 Å². The summed E-state index contributed by atoms with van der Waals surface area (Å²) in [5.74, 6) is 0.814. The first-order valence-electron chi connectivity index (χ1n) is 5.03. The lowest BCUT2D eigenvalue weighted by atomic mass is 9.79. The third-order valence-electron chi connectivity index (χ3n) is 2.87. The van der Waals surface area contributed by atoms with Crippen molar-refractivity contribution >= 4 is 6.29 Å². The highest BCUT2D eigenvalue weighted by Gasteiger charge is 2.35. The molecule has 2 rings (SSSR count). The zero-order chi connectivity index (χ0) is 10.7. The van der Waals surface area contributed by atoms with Gasteiger partial charge in [0.05, 0.1) is 12.1 Å². The fourth-order valence-electron chi connectivity index (χ4n) is 1.93. The highest BCUT2D eigenvalue weighted by atomic mass is 19.1. The predicted octanol–water partition coefficient (Wildman–Crippen LogP) is 2.17. The molecule has 1 aliphatic rings. The number of para-hydroxylation sites is 1. The van der Waals surface area contributed by atoms with E-state index in [0.29, 0.717) is 6.42 Å². The molecule has 80 valence electrons. The first-order chi connectivity index (χ1) is 7.29. The summed E-state index contributed by atoms with van der Waals surface area (Å²) in [6.07, 6.45) is 1.66. The second kappa shape index (κ2) is 4.01. The van der Waals surface area contributed by atoms with E-state index in [1.165, 1.54) is 0 Å². The fraction of sp³-hybridized carbons (Fsp3) is 0.417. The van der Waals surface area contributed by atoms with Gasteiger partial charge in [-0.15, -0.1) is 0 Å². The second-order valence-corrected chi connectivity index (χ2v) is 3.99. The molecule has 1 aromatic carbocycles. The van der Waals surface area contributed by atoms with Crippen molar-refractivity contribution in [3.05, 3.63) is 29.8 Å². The summed E-state index contributed by atoms with van der Waals surface area (Å²) in [6, 6.07) is 7.59. The standard InChI is InChI=1S/C12H13FO2/c13-6-5-12(8-14)7-10-3-1-2-4-11(10)15-9-12/h1-4,8H,5-7,9H2. The minimum absolute atomic E-state index is 0.241. The van der Waals surface area contributed by atoms with E-state index >= 15 is 0 Å². The fourth-order valence-corrected chi connectivity index (χ4v) is 1.93. The molecule has 2 nitrogen and oxygen atoms in total. The van der Waals surface area contributed by atoms with Crippen LogP contribution in [0.4, 0.5) is 4.39 Å². The van der Waals surface area contributed by atoms with Crippen LogP contribution in [0.1, 0.15) is 12.0 Å². The number of rotatable bonds is 3. The highest BCUT2D eigenvalue weighted by Crippen LogP contribution is 2.35. The van der Waals surface area contributed by atoms with Crippen LogP contribution in [0.3, 0.4) is 0 Å². The molecule has 1 aromatic rings. The summed E-state index contributed by atoms with van der Waals surface area (Å²) in [5.41, 5.74) is 0.327. The van der Waals surface area contributed by atoms with Gasteiger partial charge in [0.1, 0.15) is 18.6 Å². The molecular weight excluding hydrogens is 195 g/mol. The first kappa shape index (κ1) is 10.1. The van der Waals surface area contributed by atoms with Crippen molar-refractivity contribution < 1.29 is 13.9 Å². The Morgan fingerprint density at radius 3 is 3.00 bits per heavy atom. The average Bonchev–Trinajstić information content (AvgIpc) is 2.29. The van der Waals surface area contributed by atoms with E-state index < -0.39 is 12.1 Å².